The van der Waals surface area contributed by atoms with Gasteiger partial charge < -0.3 is 5.32 Å². The van der Waals surface area contributed by atoms with Gasteiger partial charge in [0.05, 0.1) is 11.4 Å². The number of carbonyl (C=O) groups is 1. The van der Waals surface area contributed by atoms with Gasteiger partial charge in [0, 0.05) is 17.3 Å². The molecule has 0 atom stereocenters. The van der Waals surface area contributed by atoms with Crippen LogP contribution in [0.1, 0.15) is 0 Å². The molecule has 0 aliphatic rings. The molecule has 0 saturated heterocycles. The number of rotatable bonds is 5. The minimum Gasteiger partial charge on any atom is -0.324 e. The van der Waals surface area contributed by atoms with E-state index in [9.17, 15) is 9.59 Å². The van der Waals surface area contributed by atoms with Gasteiger partial charge in [-0.05, 0) is 30.3 Å². The Morgan fingerprint density at radius 1 is 0.964 bits per heavy atom. The van der Waals surface area contributed by atoms with Crippen LogP contribution in [0, 0.1) is 0 Å². The first kappa shape index (κ1) is 17.3. The minimum atomic E-state index is -0.340. The molecule has 138 valence electrons. The lowest BCUT2D eigenvalue weighted by Crippen LogP contribution is -2.29. The monoisotopic (exact) mass is 372 g/mol. The van der Waals surface area contributed by atoms with Gasteiger partial charge in [-0.3, -0.25) is 9.59 Å². The molecule has 0 fully saturated rings. The molecule has 4 aromatic rings. The van der Waals surface area contributed by atoms with E-state index in [1.807, 2.05) is 42.5 Å². The molecule has 2 heterocycles. The number of aromatic nitrogens is 5. The van der Waals surface area contributed by atoms with Crippen LogP contribution in [0.4, 0.5) is 5.69 Å². The molecule has 2 aromatic carbocycles. The largest absolute Gasteiger partial charge is 0.324 e. The molecule has 4 rings (SSSR count). The van der Waals surface area contributed by atoms with E-state index in [4.69, 9.17) is 0 Å². The van der Waals surface area contributed by atoms with E-state index >= 15 is 0 Å². The van der Waals surface area contributed by atoms with Crippen molar-refractivity contribution in [3.63, 3.8) is 0 Å². The molecule has 0 bridgehead atoms. The molecule has 1 N–H and O–H groups in total. The lowest BCUT2D eigenvalue weighted by Gasteiger charge is -2.09. The van der Waals surface area contributed by atoms with E-state index in [-0.39, 0.29) is 18.0 Å². The van der Waals surface area contributed by atoms with Crippen molar-refractivity contribution in [2.75, 3.05) is 5.32 Å². The molecule has 8 nitrogen and oxygen atoms in total. The number of amides is 1. The lowest BCUT2D eigenvalue weighted by molar-refractivity contribution is -0.117. The van der Waals surface area contributed by atoms with Crippen LogP contribution in [-0.4, -0.2) is 30.5 Å². The number of nitrogens with zero attached hydrogens (tertiary/aromatic N) is 5. The van der Waals surface area contributed by atoms with Gasteiger partial charge in [-0.2, -0.15) is 10.2 Å². The predicted molar refractivity (Wildman–Crippen MR) is 104 cm³/mol. The van der Waals surface area contributed by atoms with Crippen LogP contribution in [0.15, 0.2) is 84.2 Å². The summed E-state index contributed by atoms with van der Waals surface area (Å²) >= 11 is 0. The van der Waals surface area contributed by atoms with Crippen LogP contribution >= 0.6 is 0 Å². The molecule has 0 spiro atoms. The van der Waals surface area contributed by atoms with Crippen LogP contribution in [0.2, 0.25) is 0 Å². The van der Waals surface area contributed by atoms with Gasteiger partial charge in [-0.1, -0.05) is 30.3 Å². The summed E-state index contributed by atoms with van der Waals surface area (Å²) < 4.78 is 2.77. The number of anilines is 1. The molecule has 0 saturated carbocycles. The fourth-order valence-corrected chi connectivity index (χ4v) is 2.70. The standard InChI is InChI=1S/C20H16N6O2/c27-19(23-16-6-8-17(9-7-16)26-14-21-13-22-26)12-25-20(28)11-10-18(24-25)15-4-2-1-3-5-15/h1-11,13-14H,12H2,(H,23,27). The molecule has 0 aliphatic carbocycles. The third-order valence-corrected chi connectivity index (χ3v) is 4.06. The molecular weight excluding hydrogens is 356 g/mol. The minimum absolute atomic E-state index is 0.176. The van der Waals surface area contributed by atoms with Crippen LogP contribution in [0.3, 0.4) is 0 Å². The van der Waals surface area contributed by atoms with Crippen molar-refractivity contribution >= 4 is 11.6 Å². The molecule has 2 aromatic heterocycles. The Labute approximate surface area is 160 Å². The highest BCUT2D eigenvalue weighted by Gasteiger charge is 2.09. The maximum absolute atomic E-state index is 12.4. The second-order valence-electron chi connectivity index (χ2n) is 6.02. The van der Waals surface area contributed by atoms with E-state index in [2.05, 4.69) is 20.5 Å². The van der Waals surface area contributed by atoms with Gasteiger partial charge in [0.2, 0.25) is 5.91 Å². The van der Waals surface area contributed by atoms with E-state index in [1.54, 1.807) is 29.2 Å². The molecule has 1 amide bonds. The van der Waals surface area contributed by atoms with Crippen molar-refractivity contribution in [3.05, 3.63) is 89.7 Å². The quantitative estimate of drug-likeness (QED) is 0.579. The summed E-state index contributed by atoms with van der Waals surface area (Å²) in [6.07, 6.45) is 3.04. The summed E-state index contributed by atoms with van der Waals surface area (Å²) in [4.78, 5) is 28.3. The van der Waals surface area contributed by atoms with Gasteiger partial charge in [-0.15, -0.1) is 0 Å². The number of carbonyl (C=O) groups excluding carboxylic acids is 1. The van der Waals surface area contributed by atoms with Gasteiger partial charge >= 0.3 is 0 Å². The second-order valence-corrected chi connectivity index (χ2v) is 6.02. The smallest absolute Gasteiger partial charge is 0.267 e. The summed E-state index contributed by atoms with van der Waals surface area (Å²) in [6.45, 7) is -0.176. The van der Waals surface area contributed by atoms with E-state index in [0.717, 1.165) is 15.9 Å². The van der Waals surface area contributed by atoms with Gasteiger partial charge in [0.15, 0.2) is 0 Å². The summed E-state index contributed by atoms with van der Waals surface area (Å²) in [5.74, 6) is -0.340. The number of hydrogen-bond donors (Lipinski definition) is 1. The normalized spacial score (nSPS) is 10.6. The molecule has 0 aliphatic heterocycles. The third kappa shape index (κ3) is 3.85. The first-order chi connectivity index (χ1) is 13.7. The van der Waals surface area contributed by atoms with Gasteiger partial charge in [0.25, 0.3) is 5.56 Å². The highest BCUT2D eigenvalue weighted by Crippen LogP contribution is 2.14. The number of hydrogen-bond acceptors (Lipinski definition) is 5. The van der Waals surface area contributed by atoms with Crippen LogP contribution in [0.25, 0.3) is 16.9 Å². The van der Waals surface area contributed by atoms with Crippen molar-refractivity contribution in [1.29, 1.82) is 0 Å². The summed E-state index contributed by atoms with van der Waals surface area (Å²) in [5, 5.41) is 11.1. The van der Waals surface area contributed by atoms with Crippen molar-refractivity contribution in [3.8, 4) is 16.9 Å². The SMILES string of the molecule is O=C(Cn1nc(-c2ccccc2)ccc1=O)Nc1ccc(-n2cncn2)cc1. The second kappa shape index (κ2) is 7.67. The molecule has 28 heavy (non-hydrogen) atoms. The fraction of sp³-hybridized carbons (Fsp3) is 0.0500. The van der Waals surface area contributed by atoms with Crippen molar-refractivity contribution in [2.45, 2.75) is 6.54 Å². The molecule has 8 heteroatoms. The Balaban J connectivity index is 1.47. The average Bonchev–Trinajstić information content (AvgIpc) is 3.26. The van der Waals surface area contributed by atoms with E-state index in [1.165, 1.54) is 12.4 Å². The van der Waals surface area contributed by atoms with Crippen molar-refractivity contribution < 1.29 is 4.79 Å². The highest BCUT2D eigenvalue weighted by atomic mass is 16.2. The van der Waals surface area contributed by atoms with Crippen molar-refractivity contribution in [1.82, 2.24) is 24.5 Å². The predicted octanol–water partition coefficient (Wildman–Crippen LogP) is 2.13. The summed E-state index contributed by atoms with van der Waals surface area (Å²) in [5.41, 5.74) is 2.60. The zero-order valence-electron chi connectivity index (χ0n) is 14.8. The molecular formula is C20H16N6O2. The average molecular weight is 372 g/mol. The van der Waals surface area contributed by atoms with E-state index < -0.39 is 0 Å². The Bertz CT molecular complexity index is 1140. The van der Waals surface area contributed by atoms with Crippen LogP contribution in [-0.2, 0) is 11.3 Å². The lowest BCUT2D eigenvalue weighted by atomic mass is 10.1. The topological polar surface area (TPSA) is 94.7 Å². The maximum atomic E-state index is 12.4. The zero-order chi connectivity index (χ0) is 19.3. The first-order valence-corrected chi connectivity index (χ1v) is 8.57. The molecule has 0 unspecified atom stereocenters. The van der Waals surface area contributed by atoms with Crippen LogP contribution < -0.4 is 10.9 Å². The summed E-state index contributed by atoms with van der Waals surface area (Å²) in [6, 6.07) is 19.7. The van der Waals surface area contributed by atoms with Crippen molar-refractivity contribution in [2.24, 2.45) is 0 Å². The highest BCUT2D eigenvalue weighted by molar-refractivity contribution is 5.90. The Kier molecular flexibility index (Phi) is 4.75. The van der Waals surface area contributed by atoms with Crippen LogP contribution in [0.5, 0.6) is 0 Å². The Morgan fingerprint density at radius 2 is 1.75 bits per heavy atom. The maximum Gasteiger partial charge on any atom is 0.267 e. The van der Waals surface area contributed by atoms with E-state index in [0.29, 0.717) is 11.4 Å². The zero-order valence-corrected chi connectivity index (χ0v) is 14.8. The Hall–Kier alpha value is -4.07. The van der Waals surface area contributed by atoms with Gasteiger partial charge in [0.1, 0.15) is 19.2 Å². The van der Waals surface area contributed by atoms with Gasteiger partial charge in [-0.25, -0.2) is 14.3 Å². The number of nitrogens with one attached hydrogen (secondary N) is 1. The Morgan fingerprint density at radius 3 is 2.46 bits per heavy atom. The summed E-state index contributed by atoms with van der Waals surface area (Å²) in [7, 11) is 0. The number of benzene rings is 2. The first-order valence-electron chi connectivity index (χ1n) is 8.57. The third-order valence-electron chi connectivity index (χ3n) is 4.06. The fourth-order valence-electron chi connectivity index (χ4n) is 2.70. The molecule has 0 radical (unpaired) electrons.